The van der Waals surface area contributed by atoms with Crippen molar-refractivity contribution >= 4 is 23.6 Å². The summed E-state index contributed by atoms with van der Waals surface area (Å²) in [4.78, 5) is 11.9. The molecular formula is C17H11ClFNO3. The predicted octanol–water partition coefficient (Wildman–Crippen LogP) is 3.98. The Morgan fingerprint density at radius 1 is 1.30 bits per heavy atom. The number of rotatable bonds is 4. The lowest BCUT2D eigenvalue weighted by molar-refractivity contribution is -0.129. The van der Waals surface area contributed by atoms with E-state index < -0.39 is 5.97 Å². The molecule has 2 rings (SSSR count). The highest BCUT2D eigenvalue weighted by Crippen LogP contribution is 2.36. The highest BCUT2D eigenvalue weighted by atomic mass is 35.5. The van der Waals surface area contributed by atoms with E-state index in [0.29, 0.717) is 5.56 Å². The first-order valence-corrected chi connectivity index (χ1v) is 6.84. The average molecular weight is 332 g/mol. The number of hydrogen-bond donors (Lipinski definition) is 0. The third-order valence-corrected chi connectivity index (χ3v) is 3.12. The van der Waals surface area contributed by atoms with Crippen molar-refractivity contribution < 1.29 is 18.7 Å². The van der Waals surface area contributed by atoms with Crippen molar-refractivity contribution in [1.29, 1.82) is 5.26 Å². The van der Waals surface area contributed by atoms with Gasteiger partial charge in [-0.15, -0.1) is 0 Å². The minimum absolute atomic E-state index is 0.0296. The van der Waals surface area contributed by atoms with E-state index in [9.17, 15) is 9.18 Å². The Morgan fingerprint density at radius 2 is 2.00 bits per heavy atom. The molecule has 0 atom stereocenters. The van der Waals surface area contributed by atoms with Gasteiger partial charge >= 0.3 is 5.97 Å². The molecule has 0 aromatic heterocycles. The summed E-state index contributed by atoms with van der Waals surface area (Å²) in [7, 11) is 1.37. The third kappa shape index (κ3) is 4.31. The van der Waals surface area contributed by atoms with Gasteiger partial charge < -0.3 is 9.47 Å². The number of benzene rings is 2. The molecule has 0 radical (unpaired) electrons. The number of nitriles is 1. The Labute approximate surface area is 137 Å². The Hall–Kier alpha value is -2.84. The fourth-order valence-corrected chi connectivity index (χ4v) is 2.01. The molecule has 0 heterocycles. The zero-order valence-electron chi connectivity index (χ0n) is 12.0. The van der Waals surface area contributed by atoms with Gasteiger partial charge in [0.15, 0.2) is 11.5 Å². The zero-order chi connectivity index (χ0) is 16.8. The lowest BCUT2D eigenvalue weighted by Crippen LogP contribution is -2.05. The summed E-state index contributed by atoms with van der Waals surface area (Å²) in [5.41, 5.74) is 0.926. The molecule has 2 aromatic rings. The molecule has 0 bridgehead atoms. The van der Waals surface area contributed by atoms with Gasteiger partial charge in [-0.05, 0) is 29.8 Å². The predicted molar refractivity (Wildman–Crippen MR) is 83.8 cm³/mol. The molecule has 0 saturated heterocycles. The molecule has 4 nitrogen and oxygen atoms in total. The molecule has 0 amide bonds. The van der Waals surface area contributed by atoms with Crippen LogP contribution < -0.4 is 9.47 Å². The summed E-state index contributed by atoms with van der Waals surface area (Å²) in [6.45, 7) is 0. The number of hydrogen-bond acceptors (Lipinski definition) is 4. The molecule has 0 unspecified atom stereocenters. The molecule has 0 aliphatic rings. The van der Waals surface area contributed by atoms with E-state index >= 15 is 0 Å². The summed E-state index contributed by atoms with van der Waals surface area (Å²) >= 11 is 6.00. The van der Waals surface area contributed by atoms with Gasteiger partial charge in [-0.1, -0.05) is 23.7 Å². The van der Waals surface area contributed by atoms with Crippen LogP contribution in [-0.4, -0.2) is 13.1 Å². The Morgan fingerprint density at radius 3 is 2.61 bits per heavy atom. The van der Waals surface area contributed by atoms with Gasteiger partial charge in [0.2, 0.25) is 0 Å². The van der Waals surface area contributed by atoms with E-state index in [1.54, 1.807) is 0 Å². The molecule has 0 spiro atoms. The molecule has 6 heteroatoms. The molecule has 23 heavy (non-hydrogen) atoms. The van der Waals surface area contributed by atoms with Crippen LogP contribution in [0.5, 0.6) is 11.5 Å². The van der Waals surface area contributed by atoms with Gasteiger partial charge in [-0.25, -0.2) is 9.18 Å². The van der Waals surface area contributed by atoms with Gasteiger partial charge in [0, 0.05) is 12.1 Å². The molecule has 0 aliphatic carbocycles. The van der Waals surface area contributed by atoms with E-state index in [1.807, 2.05) is 6.07 Å². The molecule has 0 N–H and O–H groups in total. The lowest BCUT2D eigenvalue weighted by atomic mass is 10.2. The normalized spacial score (nSPS) is 10.3. The van der Waals surface area contributed by atoms with Crippen LogP contribution in [0.2, 0.25) is 5.02 Å². The number of methoxy groups -OCH3 is 1. The highest BCUT2D eigenvalue weighted by Gasteiger charge is 2.14. The standard InChI is InChI=1S/C17H11ClFNO3/c1-22-15-9-12(10-20)8-14(18)17(15)23-16(21)7-4-11-2-5-13(19)6-3-11/h2-9H,1H3/b7-4+. The second-order valence-electron chi connectivity index (χ2n) is 4.41. The quantitative estimate of drug-likeness (QED) is 0.483. The fourth-order valence-electron chi connectivity index (χ4n) is 1.76. The molecule has 2 aromatic carbocycles. The minimum Gasteiger partial charge on any atom is -0.493 e. The van der Waals surface area contributed by atoms with Crippen molar-refractivity contribution in [1.82, 2.24) is 0 Å². The van der Waals surface area contributed by atoms with Gasteiger partial charge in [0.05, 0.1) is 23.8 Å². The summed E-state index contributed by atoms with van der Waals surface area (Å²) in [5.74, 6) is -0.836. The smallest absolute Gasteiger partial charge is 0.336 e. The summed E-state index contributed by atoms with van der Waals surface area (Å²) in [6, 6.07) is 10.3. The first-order valence-electron chi connectivity index (χ1n) is 6.46. The molecular weight excluding hydrogens is 321 g/mol. The van der Waals surface area contributed by atoms with Crippen LogP contribution >= 0.6 is 11.6 Å². The number of nitrogens with zero attached hydrogens (tertiary/aromatic N) is 1. The van der Waals surface area contributed by atoms with Gasteiger partial charge in [-0.2, -0.15) is 5.26 Å². The van der Waals surface area contributed by atoms with Crippen LogP contribution in [0.25, 0.3) is 6.08 Å². The number of carbonyl (C=O) groups excluding carboxylic acids is 1. The van der Waals surface area contributed by atoms with Crippen molar-refractivity contribution in [3.63, 3.8) is 0 Å². The SMILES string of the molecule is COc1cc(C#N)cc(Cl)c1OC(=O)/C=C/c1ccc(F)cc1. The Bertz CT molecular complexity index is 795. The second-order valence-corrected chi connectivity index (χ2v) is 4.81. The number of carbonyl (C=O) groups is 1. The third-order valence-electron chi connectivity index (χ3n) is 2.84. The molecule has 0 saturated carbocycles. The van der Waals surface area contributed by atoms with Crippen LogP contribution in [0.4, 0.5) is 4.39 Å². The van der Waals surface area contributed by atoms with Crippen LogP contribution in [0.3, 0.4) is 0 Å². The number of ether oxygens (including phenoxy) is 2. The van der Waals surface area contributed by atoms with Crippen LogP contribution in [-0.2, 0) is 4.79 Å². The first-order chi connectivity index (χ1) is 11.0. The molecule has 0 fully saturated rings. The van der Waals surface area contributed by atoms with Gasteiger partial charge in [-0.3, -0.25) is 0 Å². The largest absolute Gasteiger partial charge is 0.493 e. The average Bonchev–Trinajstić information content (AvgIpc) is 2.55. The number of halogens is 2. The van der Waals surface area contributed by atoms with Crippen LogP contribution in [0.1, 0.15) is 11.1 Å². The van der Waals surface area contributed by atoms with E-state index in [4.69, 9.17) is 26.3 Å². The highest BCUT2D eigenvalue weighted by molar-refractivity contribution is 6.32. The van der Waals surface area contributed by atoms with Crippen molar-refractivity contribution in [3.8, 4) is 17.6 Å². The van der Waals surface area contributed by atoms with Crippen molar-refractivity contribution in [3.05, 3.63) is 64.4 Å². The van der Waals surface area contributed by atoms with Crippen LogP contribution in [0, 0.1) is 17.1 Å². The van der Waals surface area contributed by atoms with Crippen molar-refractivity contribution in [2.45, 2.75) is 0 Å². The molecule has 116 valence electrons. The van der Waals surface area contributed by atoms with E-state index in [-0.39, 0.29) is 27.9 Å². The number of esters is 1. The monoisotopic (exact) mass is 331 g/mol. The Kier molecular flexibility index (Phi) is 5.34. The topological polar surface area (TPSA) is 59.3 Å². The van der Waals surface area contributed by atoms with Crippen molar-refractivity contribution in [2.75, 3.05) is 7.11 Å². The molecule has 0 aliphatic heterocycles. The maximum absolute atomic E-state index is 12.8. The minimum atomic E-state index is -0.681. The Balaban J connectivity index is 2.17. The van der Waals surface area contributed by atoms with Crippen LogP contribution in [0.15, 0.2) is 42.5 Å². The van der Waals surface area contributed by atoms with Crippen molar-refractivity contribution in [2.24, 2.45) is 0 Å². The maximum Gasteiger partial charge on any atom is 0.336 e. The van der Waals surface area contributed by atoms with E-state index in [1.165, 1.54) is 55.7 Å². The van der Waals surface area contributed by atoms with E-state index in [0.717, 1.165) is 0 Å². The first kappa shape index (κ1) is 16.5. The van der Waals surface area contributed by atoms with Gasteiger partial charge in [0.1, 0.15) is 5.82 Å². The summed E-state index contributed by atoms with van der Waals surface area (Å²) < 4.78 is 23.0. The van der Waals surface area contributed by atoms with E-state index in [2.05, 4.69) is 0 Å². The van der Waals surface area contributed by atoms with Gasteiger partial charge in [0.25, 0.3) is 0 Å². The second kappa shape index (κ2) is 7.43. The summed E-state index contributed by atoms with van der Waals surface area (Å²) in [6.07, 6.45) is 2.66. The maximum atomic E-state index is 12.8. The lowest BCUT2D eigenvalue weighted by Gasteiger charge is -2.10. The fraction of sp³-hybridized carbons (Fsp3) is 0.0588. The zero-order valence-corrected chi connectivity index (χ0v) is 12.8. The summed E-state index contributed by atoms with van der Waals surface area (Å²) in [5, 5.41) is 8.96.